The van der Waals surface area contributed by atoms with Crippen LogP contribution in [0.15, 0.2) is 4.99 Å². The molecular weight excluding hydrogens is 620 g/mol. The van der Waals surface area contributed by atoms with Crippen LogP contribution >= 0.6 is 12.6 Å². The summed E-state index contributed by atoms with van der Waals surface area (Å²) in [5.74, 6) is -6.67. The molecule has 0 aromatic heterocycles. The number of aliphatic imine (C=N–C) groups is 1. The summed E-state index contributed by atoms with van der Waals surface area (Å²) in [5, 5.41) is 49.0. The van der Waals surface area contributed by atoms with Crippen LogP contribution in [0.4, 0.5) is 0 Å². The van der Waals surface area contributed by atoms with Gasteiger partial charge >= 0.3 is 5.97 Å². The minimum Gasteiger partial charge on any atom is -0.480 e. The Morgan fingerprint density at radius 3 is 1.56 bits per heavy atom. The molecule has 0 aromatic carbocycles. The van der Waals surface area contributed by atoms with Crippen molar-refractivity contribution in [2.24, 2.45) is 27.9 Å². The van der Waals surface area contributed by atoms with Crippen molar-refractivity contribution in [2.45, 2.75) is 68.4 Å². The maximum atomic E-state index is 13.0. The van der Waals surface area contributed by atoms with E-state index >= 15 is 0 Å². The van der Waals surface area contributed by atoms with E-state index in [0.29, 0.717) is 19.4 Å². The summed E-state index contributed by atoms with van der Waals surface area (Å²) in [5.41, 5.74) is 21.4. The van der Waals surface area contributed by atoms with Crippen LogP contribution in [0.3, 0.4) is 0 Å². The molecule has 258 valence electrons. The summed E-state index contributed by atoms with van der Waals surface area (Å²) < 4.78 is 0. The number of aliphatic hydroxyl groups is 3. The van der Waals surface area contributed by atoms with Gasteiger partial charge in [-0.2, -0.15) is 12.6 Å². The second kappa shape index (κ2) is 22.7. The molecule has 0 heterocycles. The van der Waals surface area contributed by atoms with E-state index in [9.17, 15) is 44.1 Å². The van der Waals surface area contributed by atoms with Crippen molar-refractivity contribution in [3.05, 3.63) is 0 Å². The van der Waals surface area contributed by atoms with E-state index in [0.717, 1.165) is 0 Å². The first-order valence-corrected chi connectivity index (χ1v) is 14.6. The molecule has 0 bridgehead atoms. The third-order valence-corrected chi connectivity index (χ3v) is 6.49. The fourth-order valence-corrected chi connectivity index (χ4v) is 3.81. The Labute approximate surface area is 264 Å². The minimum atomic E-state index is -1.64. The van der Waals surface area contributed by atoms with Crippen LogP contribution in [-0.4, -0.2) is 137 Å². The van der Waals surface area contributed by atoms with Gasteiger partial charge in [0.15, 0.2) is 5.96 Å². The average molecular weight is 667 g/mol. The number of aliphatic carboxylic acids is 1. The number of carbonyl (C=O) groups excluding carboxylic acids is 5. The van der Waals surface area contributed by atoms with Crippen molar-refractivity contribution in [3.63, 3.8) is 0 Å². The average Bonchev–Trinajstić information content (AvgIpc) is 3.00. The van der Waals surface area contributed by atoms with Gasteiger partial charge in [-0.3, -0.25) is 29.0 Å². The van der Waals surface area contributed by atoms with Crippen molar-refractivity contribution in [3.8, 4) is 0 Å². The molecule has 0 fully saturated rings. The number of guanidine groups is 1. The van der Waals surface area contributed by atoms with Crippen molar-refractivity contribution in [1.29, 1.82) is 0 Å². The highest BCUT2D eigenvalue weighted by molar-refractivity contribution is 7.80. The zero-order valence-corrected chi connectivity index (χ0v) is 25.6. The number of aliphatic hydroxyl groups excluding tert-OH is 3. The molecule has 20 nitrogen and oxygen atoms in total. The largest absolute Gasteiger partial charge is 0.480 e. The van der Waals surface area contributed by atoms with Crippen LogP contribution in [0.1, 0.15) is 32.1 Å². The van der Waals surface area contributed by atoms with E-state index in [-0.39, 0.29) is 37.5 Å². The Hall–Kier alpha value is -3.76. The number of carboxylic acids is 1. The summed E-state index contributed by atoms with van der Waals surface area (Å²) >= 11 is 3.99. The molecule has 0 radical (unpaired) electrons. The lowest BCUT2D eigenvalue weighted by Crippen LogP contribution is -2.61. The fourth-order valence-electron chi connectivity index (χ4n) is 3.56. The molecule has 0 saturated heterocycles. The Kier molecular flexibility index (Phi) is 20.8. The van der Waals surface area contributed by atoms with Crippen LogP contribution in [0.2, 0.25) is 0 Å². The van der Waals surface area contributed by atoms with Crippen molar-refractivity contribution < 1.29 is 49.2 Å². The van der Waals surface area contributed by atoms with E-state index in [4.69, 9.17) is 28.0 Å². The molecule has 0 aliphatic rings. The van der Waals surface area contributed by atoms with Crippen molar-refractivity contribution in [2.75, 3.05) is 38.7 Å². The van der Waals surface area contributed by atoms with Crippen LogP contribution in [0.5, 0.6) is 0 Å². The molecule has 45 heavy (non-hydrogen) atoms. The molecule has 0 aliphatic heterocycles. The molecule has 0 aromatic rings. The quantitative estimate of drug-likeness (QED) is 0.0209. The molecule has 17 N–H and O–H groups in total. The highest BCUT2D eigenvalue weighted by atomic mass is 32.1. The van der Waals surface area contributed by atoms with Crippen LogP contribution < -0.4 is 49.5 Å². The van der Waals surface area contributed by atoms with E-state index in [1.165, 1.54) is 0 Å². The van der Waals surface area contributed by atoms with Gasteiger partial charge in [-0.25, -0.2) is 4.79 Å². The number of hydrogen-bond donors (Lipinski definition) is 14. The predicted molar refractivity (Wildman–Crippen MR) is 163 cm³/mol. The lowest BCUT2D eigenvalue weighted by molar-refractivity contribution is -0.142. The number of nitrogens with two attached hydrogens (primary N) is 4. The van der Waals surface area contributed by atoms with Crippen molar-refractivity contribution in [1.82, 2.24) is 26.6 Å². The number of carboxylic acid groups (broad SMARTS) is 1. The highest BCUT2D eigenvalue weighted by Gasteiger charge is 2.32. The van der Waals surface area contributed by atoms with Gasteiger partial charge < -0.3 is 69.9 Å². The number of amides is 5. The van der Waals surface area contributed by atoms with Gasteiger partial charge in [0.1, 0.15) is 36.3 Å². The van der Waals surface area contributed by atoms with Crippen LogP contribution in [0.25, 0.3) is 0 Å². The number of thiol groups is 1. The number of rotatable bonds is 23. The maximum Gasteiger partial charge on any atom is 0.326 e. The normalized spacial score (nSPS) is 14.8. The first-order valence-electron chi connectivity index (χ1n) is 13.9. The van der Waals surface area contributed by atoms with Gasteiger partial charge in [-0.1, -0.05) is 0 Å². The van der Waals surface area contributed by atoms with E-state index in [1.807, 2.05) is 0 Å². The van der Waals surface area contributed by atoms with Gasteiger partial charge in [0.25, 0.3) is 0 Å². The van der Waals surface area contributed by atoms with Crippen LogP contribution in [0, 0.1) is 0 Å². The topological polar surface area (TPSA) is 360 Å². The monoisotopic (exact) mass is 666 g/mol. The summed E-state index contributed by atoms with van der Waals surface area (Å²) in [4.78, 5) is 78.7. The third-order valence-electron chi connectivity index (χ3n) is 6.12. The zero-order chi connectivity index (χ0) is 34.5. The molecule has 5 amide bonds. The molecule has 0 aliphatic carbocycles. The predicted octanol–water partition coefficient (Wildman–Crippen LogP) is -7.09. The molecule has 0 saturated carbocycles. The van der Waals surface area contributed by atoms with E-state index in [2.05, 4.69) is 44.2 Å². The molecule has 0 spiro atoms. The third kappa shape index (κ3) is 16.2. The second-order valence-corrected chi connectivity index (χ2v) is 10.1. The van der Waals surface area contributed by atoms with Crippen molar-refractivity contribution >= 4 is 54.1 Å². The van der Waals surface area contributed by atoms with E-state index in [1.54, 1.807) is 0 Å². The molecule has 0 rings (SSSR count). The van der Waals surface area contributed by atoms with Crippen LogP contribution in [-0.2, 0) is 28.8 Å². The van der Waals surface area contributed by atoms with Gasteiger partial charge in [0.2, 0.25) is 29.5 Å². The van der Waals surface area contributed by atoms with E-state index < -0.39 is 91.6 Å². The Morgan fingerprint density at radius 2 is 1.09 bits per heavy atom. The number of hydrogen-bond acceptors (Lipinski definition) is 13. The summed E-state index contributed by atoms with van der Waals surface area (Å²) in [6, 6.07) is -8.59. The number of nitrogens with zero attached hydrogens (tertiary/aromatic N) is 1. The van der Waals surface area contributed by atoms with Gasteiger partial charge in [-0.05, 0) is 38.6 Å². The first kappa shape index (κ1) is 41.2. The standard InChI is InChI=1S/C24H46N10O10S/c25-6-2-1-4-14(23(43)44)31-19(39)13(5-3-7-29-24(27)28)30-20(40)16(10-37)33-22(42)17(11-45)34-21(41)15(9-36)32-18(38)12(26)8-35/h12-17,35-37,45H,1-11,25-26H2,(H,30,40)(H,31,39)(H,32,38)(H,33,42)(H,34,41)(H,43,44)(H4,27,28,29)/t12-,13-,14-,15-,16-,17-/m0/s1. The Balaban J connectivity index is 5.62. The molecule has 21 heteroatoms. The summed E-state index contributed by atoms with van der Waals surface area (Å²) in [6.07, 6.45) is 1.14. The fraction of sp³-hybridized carbons (Fsp3) is 0.708. The lowest BCUT2D eigenvalue weighted by Gasteiger charge is -2.25. The number of unbranched alkanes of at least 4 members (excludes halogenated alkanes) is 1. The molecule has 0 unspecified atom stereocenters. The Morgan fingerprint density at radius 1 is 0.644 bits per heavy atom. The summed E-state index contributed by atoms with van der Waals surface area (Å²) in [6.45, 7) is -2.16. The van der Waals surface area contributed by atoms with Gasteiger partial charge in [0, 0.05) is 12.3 Å². The first-order chi connectivity index (χ1) is 21.2. The van der Waals surface area contributed by atoms with Gasteiger partial charge in [0.05, 0.1) is 19.8 Å². The number of nitrogens with one attached hydrogen (secondary N) is 5. The highest BCUT2D eigenvalue weighted by Crippen LogP contribution is 2.05. The Bertz CT molecular complexity index is 1020. The lowest BCUT2D eigenvalue weighted by atomic mass is 10.1. The number of carbonyl (C=O) groups is 6. The SMILES string of the molecule is NCCCC[C@H](NC(=O)[C@H](CCCN=C(N)N)NC(=O)[C@H](CO)NC(=O)[C@H](CS)NC(=O)[C@H](CO)NC(=O)[C@@H](N)CO)C(=O)O. The molecular formula is C24H46N10O10S. The zero-order valence-electron chi connectivity index (χ0n) is 24.7. The molecule has 6 atom stereocenters. The van der Waals surface area contributed by atoms with Gasteiger partial charge in [-0.15, -0.1) is 0 Å². The minimum absolute atomic E-state index is 0.0564. The smallest absolute Gasteiger partial charge is 0.326 e. The summed E-state index contributed by atoms with van der Waals surface area (Å²) in [7, 11) is 0. The second-order valence-electron chi connectivity index (χ2n) is 9.71. The maximum absolute atomic E-state index is 13.0.